The summed E-state index contributed by atoms with van der Waals surface area (Å²) >= 11 is 0. The van der Waals surface area contributed by atoms with Crippen LogP contribution in [0.2, 0.25) is 0 Å². The van der Waals surface area contributed by atoms with E-state index in [0.717, 1.165) is 39.7 Å². The van der Waals surface area contributed by atoms with E-state index in [-0.39, 0.29) is 0 Å². The smallest absolute Gasteiger partial charge is 0.101 e. The van der Waals surface area contributed by atoms with E-state index in [4.69, 9.17) is 4.74 Å². The van der Waals surface area contributed by atoms with Crippen LogP contribution in [0.5, 0.6) is 0 Å². The summed E-state index contributed by atoms with van der Waals surface area (Å²) in [7, 11) is 1.94. The second-order valence-electron chi connectivity index (χ2n) is 6.29. The van der Waals surface area contributed by atoms with Gasteiger partial charge in [-0.15, -0.1) is 0 Å². The maximum absolute atomic E-state index is 9.68. The Labute approximate surface area is 140 Å². The molecule has 24 heavy (non-hydrogen) atoms. The number of aromatic nitrogens is 3. The number of fused-ring (bicyclic) bond motifs is 2. The fraction of sp³-hybridized carbons (Fsp3) is 0.316. The third kappa shape index (κ3) is 2.04. The van der Waals surface area contributed by atoms with E-state index >= 15 is 0 Å². The van der Waals surface area contributed by atoms with Crippen molar-refractivity contribution in [3.63, 3.8) is 0 Å². The molecule has 1 aliphatic rings. The molecule has 4 rings (SSSR count). The maximum Gasteiger partial charge on any atom is 0.101 e. The standard InChI is InChI=1S/C19H18N4O/c1-11-6-13-9-22-23(3)19(13)17(12(11)2)18-14(7-20)8-21-16-4-5-24-10-15(16)18/h6,8-9H,4-5,10H2,1-3H3. The Morgan fingerprint density at radius 1 is 1.25 bits per heavy atom. The molecule has 0 bridgehead atoms. The Morgan fingerprint density at radius 2 is 2.08 bits per heavy atom. The summed E-state index contributed by atoms with van der Waals surface area (Å²) in [6, 6.07) is 4.47. The van der Waals surface area contributed by atoms with Gasteiger partial charge in [-0.25, -0.2) is 0 Å². The van der Waals surface area contributed by atoms with Gasteiger partial charge in [0.25, 0.3) is 0 Å². The van der Waals surface area contributed by atoms with E-state index < -0.39 is 0 Å². The van der Waals surface area contributed by atoms with Gasteiger partial charge in [0, 0.05) is 47.4 Å². The molecule has 2 aromatic heterocycles. The number of rotatable bonds is 1. The lowest BCUT2D eigenvalue weighted by Crippen LogP contribution is -2.14. The molecule has 1 aliphatic heterocycles. The van der Waals surface area contributed by atoms with E-state index in [1.165, 1.54) is 11.1 Å². The summed E-state index contributed by atoms with van der Waals surface area (Å²) in [4.78, 5) is 4.49. The van der Waals surface area contributed by atoms with Crippen molar-refractivity contribution >= 4 is 10.9 Å². The monoisotopic (exact) mass is 318 g/mol. The predicted molar refractivity (Wildman–Crippen MR) is 91.5 cm³/mol. The third-order valence-electron chi connectivity index (χ3n) is 4.91. The number of aryl methyl sites for hydroxylation is 2. The predicted octanol–water partition coefficient (Wildman–Crippen LogP) is 3.20. The Bertz CT molecular complexity index is 1010. The second kappa shape index (κ2) is 5.43. The normalized spacial score (nSPS) is 13.8. The van der Waals surface area contributed by atoms with Gasteiger partial charge in [-0.3, -0.25) is 9.67 Å². The molecule has 0 spiro atoms. The lowest BCUT2D eigenvalue weighted by molar-refractivity contribution is 0.109. The highest BCUT2D eigenvalue weighted by molar-refractivity contribution is 5.98. The summed E-state index contributed by atoms with van der Waals surface area (Å²) in [5.74, 6) is 0. The van der Waals surface area contributed by atoms with Crippen LogP contribution < -0.4 is 0 Å². The van der Waals surface area contributed by atoms with Gasteiger partial charge >= 0.3 is 0 Å². The van der Waals surface area contributed by atoms with Gasteiger partial charge in [0.1, 0.15) is 6.07 Å². The van der Waals surface area contributed by atoms with Crippen LogP contribution in [-0.2, 0) is 24.8 Å². The molecular weight excluding hydrogens is 300 g/mol. The number of nitrogens with zero attached hydrogens (tertiary/aromatic N) is 4. The van der Waals surface area contributed by atoms with Gasteiger partial charge in [-0.05, 0) is 31.0 Å². The van der Waals surface area contributed by atoms with Crippen molar-refractivity contribution in [2.45, 2.75) is 26.9 Å². The minimum Gasteiger partial charge on any atom is -0.376 e. The molecule has 0 radical (unpaired) electrons. The van der Waals surface area contributed by atoms with Crippen molar-refractivity contribution in [3.8, 4) is 17.2 Å². The molecule has 0 amide bonds. The molecule has 0 saturated heterocycles. The number of nitriles is 1. The van der Waals surface area contributed by atoms with E-state index in [1.54, 1.807) is 6.20 Å². The van der Waals surface area contributed by atoms with Crippen LogP contribution in [0.3, 0.4) is 0 Å². The van der Waals surface area contributed by atoms with Crippen LogP contribution in [-0.4, -0.2) is 21.4 Å². The van der Waals surface area contributed by atoms with Crippen LogP contribution in [0.15, 0.2) is 18.5 Å². The first kappa shape index (κ1) is 14.9. The molecular formula is C19H18N4O. The highest BCUT2D eigenvalue weighted by Gasteiger charge is 2.24. The average Bonchev–Trinajstić information content (AvgIpc) is 2.96. The summed E-state index contributed by atoms with van der Waals surface area (Å²) < 4.78 is 7.56. The van der Waals surface area contributed by atoms with Gasteiger partial charge in [0.05, 0.1) is 30.5 Å². The van der Waals surface area contributed by atoms with Crippen molar-refractivity contribution < 1.29 is 4.74 Å². The van der Waals surface area contributed by atoms with Gasteiger partial charge < -0.3 is 4.74 Å². The lowest BCUT2D eigenvalue weighted by Gasteiger charge is -2.22. The molecule has 0 saturated carbocycles. The Morgan fingerprint density at radius 3 is 2.88 bits per heavy atom. The van der Waals surface area contributed by atoms with Crippen LogP contribution in [0.25, 0.3) is 22.0 Å². The molecule has 5 nitrogen and oxygen atoms in total. The van der Waals surface area contributed by atoms with E-state index in [2.05, 4.69) is 36.1 Å². The highest BCUT2D eigenvalue weighted by atomic mass is 16.5. The van der Waals surface area contributed by atoms with Crippen LogP contribution in [0.1, 0.15) is 27.9 Å². The minimum absolute atomic E-state index is 0.500. The molecule has 0 atom stereocenters. The molecule has 0 fully saturated rings. The lowest BCUT2D eigenvalue weighted by atomic mass is 9.88. The molecule has 1 aromatic carbocycles. The fourth-order valence-electron chi connectivity index (χ4n) is 3.56. The number of benzene rings is 1. The molecule has 3 heterocycles. The van der Waals surface area contributed by atoms with E-state index in [0.29, 0.717) is 18.8 Å². The van der Waals surface area contributed by atoms with E-state index in [1.807, 2.05) is 17.9 Å². The minimum atomic E-state index is 0.500. The quantitative estimate of drug-likeness (QED) is 0.691. The van der Waals surface area contributed by atoms with E-state index in [9.17, 15) is 5.26 Å². The van der Waals surface area contributed by atoms with Crippen molar-refractivity contribution in [1.29, 1.82) is 5.26 Å². The van der Waals surface area contributed by atoms with Gasteiger partial charge in [-0.2, -0.15) is 10.4 Å². The number of hydrogen-bond donors (Lipinski definition) is 0. The zero-order chi connectivity index (χ0) is 16.8. The van der Waals surface area contributed by atoms with Gasteiger partial charge in [-0.1, -0.05) is 0 Å². The zero-order valence-electron chi connectivity index (χ0n) is 14.1. The van der Waals surface area contributed by atoms with Crippen LogP contribution in [0.4, 0.5) is 0 Å². The summed E-state index contributed by atoms with van der Waals surface area (Å²) in [6.45, 7) is 5.38. The molecule has 0 unspecified atom stereocenters. The fourth-order valence-corrected chi connectivity index (χ4v) is 3.56. The Hall–Kier alpha value is -2.71. The van der Waals surface area contributed by atoms with Crippen molar-refractivity contribution in [3.05, 3.63) is 46.4 Å². The molecule has 120 valence electrons. The van der Waals surface area contributed by atoms with Crippen molar-refractivity contribution in [1.82, 2.24) is 14.8 Å². The first-order chi connectivity index (χ1) is 11.6. The molecule has 0 N–H and O–H groups in total. The zero-order valence-corrected chi connectivity index (χ0v) is 14.1. The van der Waals surface area contributed by atoms with Gasteiger partial charge in [0.15, 0.2) is 0 Å². The largest absolute Gasteiger partial charge is 0.376 e. The summed E-state index contributed by atoms with van der Waals surface area (Å²) in [5.41, 5.74) is 8.10. The first-order valence-electron chi connectivity index (χ1n) is 8.02. The third-order valence-corrected chi connectivity index (χ3v) is 4.91. The summed E-state index contributed by atoms with van der Waals surface area (Å²) in [6.07, 6.45) is 4.36. The van der Waals surface area contributed by atoms with Crippen LogP contribution in [0, 0.1) is 25.2 Å². The summed E-state index contributed by atoms with van der Waals surface area (Å²) in [5, 5.41) is 15.2. The molecule has 5 heteroatoms. The molecule has 0 aliphatic carbocycles. The first-order valence-corrected chi connectivity index (χ1v) is 8.02. The molecule has 3 aromatic rings. The highest BCUT2D eigenvalue weighted by Crippen LogP contribution is 2.39. The SMILES string of the molecule is Cc1cc2cnn(C)c2c(-c2c(C#N)cnc3c2COCC3)c1C. The second-order valence-corrected chi connectivity index (χ2v) is 6.29. The van der Waals surface area contributed by atoms with Crippen LogP contribution >= 0.6 is 0 Å². The maximum atomic E-state index is 9.68. The number of hydrogen-bond acceptors (Lipinski definition) is 4. The average molecular weight is 318 g/mol. The topological polar surface area (TPSA) is 63.7 Å². The van der Waals surface area contributed by atoms with Crippen molar-refractivity contribution in [2.75, 3.05) is 6.61 Å². The number of ether oxygens (including phenoxy) is 1. The van der Waals surface area contributed by atoms with Crippen molar-refractivity contribution in [2.24, 2.45) is 7.05 Å². The Kier molecular flexibility index (Phi) is 3.36. The van der Waals surface area contributed by atoms with Gasteiger partial charge in [0.2, 0.25) is 0 Å². The number of pyridine rings is 1. The Balaban J connectivity index is 2.18.